The SMILES string of the molecule is Nc1cc(Br)c(F)cc1Oc1ccncc1Br. The fourth-order valence-corrected chi connectivity index (χ4v) is 1.89. The van der Waals surface area contributed by atoms with Gasteiger partial charge in [-0.15, -0.1) is 0 Å². The molecule has 6 heteroatoms. The normalized spacial score (nSPS) is 10.3. The largest absolute Gasteiger partial charge is 0.454 e. The summed E-state index contributed by atoms with van der Waals surface area (Å²) < 4.78 is 19.8. The molecule has 0 aliphatic heterocycles. The third-order valence-corrected chi connectivity index (χ3v) is 3.21. The number of anilines is 1. The quantitative estimate of drug-likeness (QED) is 0.818. The summed E-state index contributed by atoms with van der Waals surface area (Å²) in [6, 6.07) is 4.34. The van der Waals surface area contributed by atoms with E-state index in [9.17, 15) is 4.39 Å². The number of benzene rings is 1. The number of rotatable bonds is 2. The lowest BCUT2D eigenvalue weighted by molar-refractivity contribution is 0.475. The third-order valence-electron chi connectivity index (χ3n) is 2.01. The van der Waals surface area contributed by atoms with E-state index in [0.717, 1.165) is 0 Å². The van der Waals surface area contributed by atoms with E-state index in [-0.39, 0.29) is 5.75 Å². The lowest BCUT2D eigenvalue weighted by Crippen LogP contribution is -1.94. The van der Waals surface area contributed by atoms with Crippen LogP contribution in [-0.4, -0.2) is 4.98 Å². The fourth-order valence-electron chi connectivity index (χ4n) is 1.20. The Kier molecular flexibility index (Phi) is 3.63. The number of hydrogen-bond donors (Lipinski definition) is 1. The topological polar surface area (TPSA) is 48.1 Å². The highest BCUT2D eigenvalue weighted by molar-refractivity contribution is 9.10. The van der Waals surface area contributed by atoms with E-state index in [1.54, 1.807) is 18.5 Å². The summed E-state index contributed by atoms with van der Waals surface area (Å²) in [4.78, 5) is 3.90. The molecule has 2 N–H and O–H groups in total. The maximum atomic E-state index is 13.4. The summed E-state index contributed by atoms with van der Waals surface area (Å²) in [6.07, 6.45) is 3.16. The van der Waals surface area contributed by atoms with Crippen LogP contribution in [-0.2, 0) is 0 Å². The van der Waals surface area contributed by atoms with E-state index in [0.29, 0.717) is 20.4 Å². The zero-order valence-corrected chi connectivity index (χ0v) is 11.6. The molecule has 1 heterocycles. The Morgan fingerprint density at radius 2 is 1.94 bits per heavy atom. The molecule has 0 spiro atoms. The molecule has 1 aromatic heterocycles. The van der Waals surface area contributed by atoms with Gasteiger partial charge in [-0.1, -0.05) is 0 Å². The van der Waals surface area contributed by atoms with Crippen LogP contribution in [0.15, 0.2) is 39.5 Å². The highest BCUT2D eigenvalue weighted by atomic mass is 79.9. The van der Waals surface area contributed by atoms with Gasteiger partial charge in [-0.3, -0.25) is 4.98 Å². The van der Waals surface area contributed by atoms with Crippen LogP contribution in [0.1, 0.15) is 0 Å². The zero-order valence-electron chi connectivity index (χ0n) is 8.45. The molecule has 0 aliphatic rings. The molecule has 0 fully saturated rings. The van der Waals surface area contributed by atoms with Gasteiger partial charge in [0.25, 0.3) is 0 Å². The second kappa shape index (κ2) is 5.01. The van der Waals surface area contributed by atoms with Crippen LogP contribution >= 0.6 is 31.9 Å². The Bertz CT molecular complexity index is 563. The van der Waals surface area contributed by atoms with Gasteiger partial charge in [-0.05, 0) is 37.9 Å². The van der Waals surface area contributed by atoms with E-state index in [1.165, 1.54) is 12.1 Å². The number of nitrogens with zero attached hydrogens (tertiary/aromatic N) is 1. The molecule has 88 valence electrons. The Morgan fingerprint density at radius 3 is 2.65 bits per heavy atom. The lowest BCUT2D eigenvalue weighted by atomic mass is 10.3. The van der Waals surface area contributed by atoms with E-state index in [2.05, 4.69) is 36.8 Å². The van der Waals surface area contributed by atoms with Gasteiger partial charge in [-0.25, -0.2) is 4.39 Å². The highest BCUT2D eigenvalue weighted by Crippen LogP contribution is 2.34. The minimum Gasteiger partial charge on any atom is -0.454 e. The van der Waals surface area contributed by atoms with Gasteiger partial charge in [-0.2, -0.15) is 0 Å². The van der Waals surface area contributed by atoms with Gasteiger partial charge in [0.05, 0.1) is 14.6 Å². The van der Waals surface area contributed by atoms with Gasteiger partial charge in [0, 0.05) is 24.5 Å². The monoisotopic (exact) mass is 360 g/mol. The number of ether oxygens (including phenoxy) is 1. The number of hydrogen-bond acceptors (Lipinski definition) is 3. The first kappa shape index (κ1) is 12.3. The zero-order chi connectivity index (χ0) is 12.4. The van der Waals surface area contributed by atoms with E-state index >= 15 is 0 Å². The molecule has 3 nitrogen and oxygen atoms in total. The van der Waals surface area contributed by atoms with Crippen molar-refractivity contribution >= 4 is 37.5 Å². The van der Waals surface area contributed by atoms with Crippen LogP contribution in [0.5, 0.6) is 11.5 Å². The van der Waals surface area contributed by atoms with Crippen molar-refractivity contribution in [2.24, 2.45) is 0 Å². The van der Waals surface area contributed by atoms with Crippen LogP contribution in [0.2, 0.25) is 0 Å². The van der Waals surface area contributed by atoms with E-state index in [4.69, 9.17) is 10.5 Å². The van der Waals surface area contributed by atoms with Gasteiger partial charge in [0.1, 0.15) is 11.6 Å². The lowest BCUT2D eigenvalue weighted by Gasteiger charge is -2.10. The summed E-state index contributed by atoms with van der Waals surface area (Å²) >= 11 is 6.33. The molecule has 0 atom stereocenters. The summed E-state index contributed by atoms with van der Waals surface area (Å²) in [5, 5.41) is 0. The molecule has 0 unspecified atom stereocenters. The number of nitrogens with two attached hydrogens (primary N) is 1. The van der Waals surface area contributed by atoms with Crippen LogP contribution in [0.4, 0.5) is 10.1 Å². The van der Waals surface area contributed by atoms with Crippen LogP contribution in [0.3, 0.4) is 0 Å². The summed E-state index contributed by atoms with van der Waals surface area (Å²) in [5.74, 6) is 0.352. The molecule has 2 rings (SSSR count). The molecule has 0 bridgehead atoms. The highest BCUT2D eigenvalue weighted by Gasteiger charge is 2.09. The molecule has 17 heavy (non-hydrogen) atoms. The molecular formula is C11H7Br2FN2O. The summed E-state index contributed by atoms with van der Waals surface area (Å²) in [6.45, 7) is 0. The number of nitrogen functional groups attached to an aromatic ring is 1. The summed E-state index contributed by atoms with van der Waals surface area (Å²) in [7, 11) is 0. The van der Waals surface area contributed by atoms with Crippen LogP contribution < -0.4 is 10.5 Å². The first-order valence-corrected chi connectivity index (χ1v) is 6.18. The minimum atomic E-state index is -0.431. The molecule has 2 aromatic rings. The molecule has 0 radical (unpaired) electrons. The molecule has 1 aromatic carbocycles. The maximum absolute atomic E-state index is 13.4. The first-order valence-electron chi connectivity index (χ1n) is 4.60. The fraction of sp³-hybridized carbons (Fsp3) is 0. The number of aromatic nitrogens is 1. The van der Waals surface area contributed by atoms with Crippen LogP contribution in [0.25, 0.3) is 0 Å². The Labute approximate surface area is 114 Å². The average molecular weight is 362 g/mol. The predicted octanol–water partition coefficient (Wildman–Crippen LogP) is 4.12. The molecule has 0 aliphatic carbocycles. The number of halogens is 3. The second-order valence-electron chi connectivity index (χ2n) is 3.21. The van der Waals surface area contributed by atoms with Crippen molar-refractivity contribution in [1.29, 1.82) is 0 Å². The van der Waals surface area contributed by atoms with Crippen molar-refractivity contribution in [3.8, 4) is 11.5 Å². The van der Waals surface area contributed by atoms with Crippen molar-refractivity contribution in [2.75, 3.05) is 5.73 Å². The number of pyridine rings is 1. The van der Waals surface area contributed by atoms with Crippen molar-refractivity contribution in [3.05, 3.63) is 45.4 Å². The smallest absolute Gasteiger partial charge is 0.153 e. The van der Waals surface area contributed by atoms with Gasteiger partial charge >= 0.3 is 0 Å². The third kappa shape index (κ3) is 2.76. The molecular weight excluding hydrogens is 355 g/mol. The molecule has 0 amide bonds. The van der Waals surface area contributed by atoms with Gasteiger partial charge in [0.15, 0.2) is 5.75 Å². The van der Waals surface area contributed by atoms with Crippen molar-refractivity contribution < 1.29 is 9.13 Å². The minimum absolute atomic E-state index is 0.262. The first-order chi connectivity index (χ1) is 8.08. The van der Waals surface area contributed by atoms with Crippen molar-refractivity contribution in [2.45, 2.75) is 0 Å². The van der Waals surface area contributed by atoms with Gasteiger partial charge < -0.3 is 10.5 Å². The molecule has 0 saturated heterocycles. The molecule has 0 saturated carbocycles. The maximum Gasteiger partial charge on any atom is 0.153 e. The Hall–Kier alpha value is -1.14. The second-order valence-corrected chi connectivity index (χ2v) is 4.92. The van der Waals surface area contributed by atoms with E-state index in [1.807, 2.05) is 0 Å². The van der Waals surface area contributed by atoms with Crippen molar-refractivity contribution in [1.82, 2.24) is 4.98 Å². The summed E-state index contributed by atoms with van der Waals surface area (Å²) in [5.41, 5.74) is 6.08. The Balaban J connectivity index is 2.37. The van der Waals surface area contributed by atoms with Crippen LogP contribution in [0, 0.1) is 5.82 Å². The Morgan fingerprint density at radius 1 is 1.18 bits per heavy atom. The van der Waals surface area contributed by atoms with Gasteiger partial charge in [0.2, 0.25) is 0 Å². The van der Waals surface area contributed by atoms with Crippen molar-refractivity contribution in [3.63, 3.8) is 0 Å². The predicted molar refractivity (Wildman–Crippen MR) is 70.5 cm³/mol. The standard InChI is InChI=1S/C11H7Br2FN2O/c12-6-3-9(15)11(4-8(6)14)17-10-1-2-16-5-7(10)13/h1-5H,15H2. The van der Waals surface area contributed by atoms with E-state index < -0.39 is 5.82 Å². The average Bonchev–Trinajstić information content (AvgIpc) is 2.29.